The van der Waals surface area contributed by atoms with Crippen LogP contribution in [0.3, 0.4) is 0 Å². The van der Waals surface area contributed by atoms with Gasteiger partial charge in [0.15, 0.2) is 0 Å². The van der Waals surface area contributed by atoms with Crippen LogP contribution in [0.15, 0.2) is 0 Å². The molecule has 1 aliphatic rings. The lowest BCUT2D eigenvalue weighted by Crippen LogP contribution is -2.30. The van der Waals surface area contributed by atoms with E-state index in [4.69, 9.17) is 0 Å². The second-order valence-electron chi connectivity index (χ2n) is 9.00. The van der Waals surface area contributed by atoms with E-state index in [0.717, 1.165) is 54.0 Å². The second-order valence-corrected chi connectivity index (χ2v) is 9.00. The molecule has 156 valence electrons. The van der Waals surface area contributed by atoms with Gasteiger partial charge in [-0.3, -0.25) is 9.59 Å². The Balaban J connectivity index is 2.48. The van der Waals surface area contributed by atoms with Gasteiger partial charge in [-0.05, 0) is 48.9 Å². The zero-order valence-electron chi connectivity index (χ0n) is 18.4. The summed E-state index contributed by atoms with van der Waals surface area (Å²) in [6.07, 6.45) is 5.68. The molecular formula is C23H36N2O3. The van der Waals surface area contributed by atoms with E-state index in [9.17, 15) is 14.7 Å². The SMILES string of the molecule is CCCCCCN1CCc2c(C)c(CC(=O)O)c(C)c(NC(=O)C(C)(C)C)c21. The van der Waals surface area contributed by atoms with Crippen LogP contribution < -0.4 is 10.2 Å². The molecule has 2 N–H and O–H groups in total. The molecule has 5 heteroatoms. The maximum absolute atomic E-state index is 12.8. The number of fused-ring (bicyclic) bond motifs is 1. The quantitative estimate of drug-likeness (QED) is 0.624. The minimum atomic E-state index is -0.839. The third-order valence-corrected chi connectivity index (χ3v) is 5.73. The Bertz CT molecular complexity index is 747. The predicted molar refractivity (Wildman–Crippen MR) is 115 cm³/mol. The van der Waals surface area contributed by atoms with E-state index >= 15 is 0 Å². The summed E-state index contributed by atoms with van der Waals surface area (Å²) < 4.78 is 0. The number of benzene rings is 1. The Morgan fingerprint density at radius 2 is 1.79 bits per heavy atom. The fraction of sp³-hybridized carbons (Fsp3) is 0.652. The molecule has 2 rings (SSSR count). The van der Waals surface area contributed by atoms with Crippen LogP contribution in [0.2, 0.25) is 0 Å². The van der Waals surface area contributed by atoms with E-state index in [2.05, 4.69) is 17.1 Å². The first-order chi connectivity index (χ1) is 13.1. The number of nitrogens with one attached hydrogen (secondary N) is 1. The Morgan fingerprint density at radius 1 is 1.11 bits per heavy atom. The van der Waals surface area contributed by atoms with Crippen LogP contribution in [0.4, 0.5) is 11.4 Å². The number of carboxylic acids is 1. The summed E-state index contributed by atoms with van der Waals surface area (Å²) in [6, 6.07) is 0. The molecule has 0 fully saturated rings. The van der Waals surface area contributed by atoms with Crippen molar-refractivity contribution >= 4 is 23.3 Å². The zero-order chi connectivity index (χ0) is 21.1. The normalized spacial score (nSPS) is 13.6. The van der Waals surface area contributed by atoms with Crippen LogP contribution in [0.1, 0.15) is 75.6 Å². The second kappa shape index (κ2) is 8.97. The smallest absolute Gasteiger partial charge is 0.307 e. The van der Waals surface area contributed by atoms with Crippen molar-refractivity contribution in [2.45, 2.75) is 80.1 Å². The molecule has 28 heavy (non-hydrogen) atoms. The maximum Gasteiger partial charge on any atom is 0.307 e. The lowest BCUT2D eigenvalue weighted by Gasteiger charge is -2.28. The standard InChI is InChI=1S/C23H36N2O3/c1-7-8-9-10-12-25-13-11-17-15(2)18(14-19(26)27)16(3)20(21(17)25)24-22(28)23(4,5)6/h7-14H2,1-6H3,(H,24,28)(H,26,27). The number of unbranched alkanes of at least 4 members (excludes halogenated alkanes) is 3. The van der Waals surface area contributed by atoms with Crippen molar-refractivity contribution in [2.75, 3.05) is 23.3 Å². The van der Waals surface area contributed by atoms with Gasteiger partial charge >= 0.3 is 5.97 Å². The van der Waals surface area contributed by atoms with Gasteiger partial charge in [0.2, 0.25) is 5.91 Å². The summed E-state index contributed by atoms with van der Waals surface area (Å²) in [5.74, 6) is -0.880. The molecule has 1 aromatic rings. The van der Waals surface area contributed by atoms with E-state index in [-0.39, 0.29) is 12.3 Å². The molecule has 0 atom stereocenters. The largest absolute Gasteiger partial charge is 0.481 e. The van der Waals surface area contributed by atoms with Crippen LogP contribution in [0, 0.1) is 19.3 Å². The molecule has 0 unspecified atom stereocenters. The van der Waals surface area contributed by atoms with Gasteiger partial charge in [0, 0.05) is 18.5 Å². The fourth-order valence-corrected chi connectivity index (χ4v) is 3.96. The van der Waals surface area contributed by atoms with Gasteiger partial charge in [-0.15, -0.1) is 0 Å². The molecule has 1 aliphatic heterocycles. The molecule has 0 saturated carbocycles. The van der Waals surface area contributed by atoms with Crippen molar-refractivity contribution in [2.24, 2.45) is 5.41 Å². The van der Waals surface area contributed by atoms with Gasteiger partial charge in [0.05, 0.1) is 17.8 Å². The molecule has 1 heterocycles. The predicted octanol–water partition coefficient (Wildman–Crippen LogP) is 4.86. The summed E-state index contributed by atoms with van der Waals surface area (Å²) in [4.78, 5) is 26.6. The zero-order valence-corrected chi connectivity index (χ0v) is 18.4. The lowest BCUT2D eigenvalue weighted by molar-refractivity contribution is -0.136. The molecule has 0 aliphatic carbocycles. The van der Waals surface area contributed by atoms with E-state index in [1.54, 1.807) is 0 Å². The van der Waals surface area contributed by atoms with Crippen molar-refractivity contribution < 1.29 is 14.7 Å². The number of nitrogens with zero attached hydrogens (tertiary/aromatic N) is 1. The molecule has 5 nitrogen and oxygen atoms in total. The minimum absolute atomic E-state index is 0.0141. The average molecular weight is 389 g/mol. The highest BCUT2D eigenvalue weighted by molar-refractivity contribution is 6.00. The number of rotatable bonds is 8. The van der Waals surface area contributed by atoms with Gasteiger partial charge in [0.25, 0.3) is 0 Å². The molecule has 0 spiro atoms. The Kier molecular flexibility index (Phi) is 7.13. The topological polar surface area (TPSA) is 69.6 Å². The van der Waals surface area contributed by atoms with E-state index in [1.165, 1.54) is 24.8 Å². The molecule has 0 radical (unpaired) electrons. The number of carbonyl (C=O) groups excluding carboxylic acids is 1. The first-order valence-electron chi connectivity index (χ1n) is 10.5. The van der Waals surface area contributed by atoms with E-state index in [0.29, 0.717) is 0 Å². The summed E-state index contributed by atoms with van der Waals surface area (Å²) in [5, 5.41) is 12.5. The van der Waals surface area contributed by atoms with E-state index in [1.807, 2.05) is 34.6 Å². The monoisotopic (exact) mass is 388 g/mol. The Labute approximate surface area is 169 Å². The first-order valence-corrected chi connectivity index (χ1v) is 10.5. The molecule has 0 aromatic heterocycles. The molecule has 1 amide bonds. The number of aliphatic carboxylic acids is 1. The fourth-order valence-electron chi connectivity index (χ4n) is 3.96. The van der Waals surface area contributed by atoms with Crippen LogP contribution in [-0.4, -0.2) is 30.1 Å². The van der Waals surface area contributed by atoms with Gasteiger partial charge in [-0.2, -0.15) is 0 Å². The first kappa shape index (κ1) is 22.3. The summed E-state index contributed by atoms with van der Waals surface area (Å²) in [7, 11) is 0. The number of amides is 1. The van der Waals surface area contributed by atoms with Crippen molar-refractivity contribution in [3.8, 4) is 0 Å². The Hall–Kier alpha value is -2.04. The van der Waals surface area contributed by atoms with Crippen molar-refractivity contribution in [3.05, 3.63) is 22.3 Å². The van der Waals surface area contributed by atoms with Crippen molar-refractivity contribution in [1.29, 1.82) is 0 Å². The minimum Gasteiger partial charge on any atom is -0.481 e. The highest BCUT2D eigenvalue weighted by Gasteiger charge is 2.31. The summed E-state index contributed by atoms with van der Waals surface area (Å²) in [5.41, 5.74) is 5.39. The Morgan fingerprint density at radius 3 is 2.36 bits per heavy atom. The maximum atomic E-state index is 12.8. The molecule has 0 bridgehead atoms. The molecular weight excluding hydrogens is 352 g/mol. The highest BCUT2D eigenvalue weighted by atomic mass is 16.4. The van der Waals surface area contributed by atoms with Gasteiger partial charge in [-0.1, -0.05) is 47.0 Å². The number of hydrogen-bond acceptors (Lipinski definition) is 3. The number of carboxylic acid groups (broad SMARTS) is 1. The van der Waals surface area contributed by atoms with Gasteiger partial charge in [-0.25, -0.2) is 0 Å². The lowest BCUT2D eigenvalue weighted by atomic mass is 9.90. The van der Waals surface area contributed by atoms with Crippen LogP contribution in [0.25, 0.3) is 0 Å². The molecule has 0 saturated heterocycles. The van der Waals surface area contributed by atoms with Crippen molar-refractivity contribution in [3.63, 3.8) is 0 Å². The summed E-state index contributed by atoms with van der Waals surface area (Å²) >= 11 is 0. The summed E-state index contributed by atoms with van der Waals surface area (Å²) in [6.45, 7) is 13.8. The number of anilines is 2. The third-order valence-electron chi connectivity index (χ3n) is 5.73. The van der Waals surface area contributed by atoms with E-state index < -0.39 is 11.4 Å². The van der Waals surface area contributed by atoms with Gasteiger partial charge in [0.1, 0.15) is 0 Å². The molecule has 1 aromatic carbocycles. The number of hydrogen-bond donors (Lipinski definition) is 2. The van der Waals surface area contributed by atoms with Crippen LogP contribution >= 0.6 is 0 Å². The average Bonchev–Trinajstić information content (AvgIpc) is 3.02. The van der Waals surface area contributed by atoms with Crippen molar-refractivity contribution in [1.82, 2.24) is 0 Å². The third kappa shape index (κ3) is 4.86. The van der Waals surface area contributed by atoms with Crippen LogP contribution in [0.5, 0.6) is 0 Å². The van der Waals surface area contributed by atoms with Gasteiger partial charge < -0.3 is 15.3 Å². The highest BCUT2D eigenvalue weighted by Crippen LogP contribution is 2.43. The van der Waals surface area contributed by atoms with Crippen LogP contribution in [-0.2, 0) is 22.4 Å². The number of carbonyl (C=O) groups is 2.